The van der Waals surface area contributed by atoms with Gasteiger partial charge in [0.15, 0.2) is 17.3 Å². The Balaban J connectivity index is 1.97. The van der Waals surface area contributed by atoms with Crippen molar-refractivity contribution in [3.8, 4) is 11.5 Å². The largest absolute Gasteiger partial charge is 0.493 e. The third-order valence-corrected chi connectivity index (χ3v) is 4.22. The Hall–Kier alpha value is -1.55. The molecule has 1 heterocycles. The summed E-state index contributed by atoms with van der Waals surface area (Å²) in [5.41, 5.74) is 0.263. The van der Waals surface area contributed by atoms with Gasteiger partial charge in [-0.15, -0.1) is 0 Å². The summed E-state index contributed by atoms with van der Waals surface area (Å²) in [6.45, 7) is 9.67. The molecule has 0 atom stereocenters. The molecule has 1 fully saturated rings. The van der Waals surface area contributed by atoms with Crippen molar-refractivity contribution in [2.75, 3.05) is 33.4 Å². The first-order valence-electron chi connectivity index (χ1n) is 8.50. The lowest BCUT2D eigenvalue weighted by Crippen LogP contribution is -2.33. The van der Waals surface area contributed by atoms with E-state index in [4.69, 9.17) is 9.47 Å². The number of ketones is 1. The minimum absolute atomic E-state index is 0.107. The zero-order valence-electron chi connectivity index (χ0n) is 14.9. The smallest absolute Gasteiger partial charge is 0.168 e. The summed E-state index contributed by atoms with van der Waals surface area (Å²) in [4.78, 5) is 14.8. The Labute approximate surface area is 139 Å². The molecule has 2 rings (SSSR count). The van der Waals surface area contributed by atoms with Crippen molar-refractivity contribution in [3.63, 3.8) is 0 Å². The molecule has 0 amide bonds. The highest BCUT2D eigenvalue weighted by atomic mass is 16.5. The third kappa shape index (κ3) is 4.96. The molecule has 1 saturated heterocycles. The van der Waals surface area contributed by atoms with Crippen molar-refractivity contribution >= 4 is 5.78 Å². The zero-order valence-corrected chi connectivity index (χ0v) is 14.9. The normalized spacial score (nSPS) is 16.2. The summed E-state index contributed by atoms with van der Waals surface area (Å²) in [5, 5.41) is 0. The van der Waals surface area contributed by atoms with E-state index in [0.29, 0.717) is 23.7 Å². The lowest BCUT2D eigenvalue weighted by molar-refractivity contribution is 0.0858. The molecule has 1 aliphatic rings. The molecule has 0 unspecified atom stereocenters. The Bertz CT molecular complexity index is 528. The van der Waals surface area contributed by atoms with Crippen LogP contribution >= 0.6 is 0 Å². The highest BCUT2D eigenvalue weighted by molar-refractivity contribution is 6.00. The maximum atomic E-state index is 12.4. The van der Waals surface area contributed by atoms with Gasteiger partial charge in [0.05, 0.1) is 7.11 Å². The van der Waals surface area contributed by atoms with Crippen LogP contribution in [-0.4, -0.2) is 44.0 Å². The first kappa shape index (κ1) is 17.8. The van der Waals surface area contributed by atoms with Gasteiger partial charge in [-0.05, 0) is 44.1 Å². The van der Waals surface area contributed by atoms with E-state index in [1.807, 2.05) is 32.9 Å². The average molecular weight is 319 g/mol. The second-order valence-corrected chi connectivity index (χ2v) is 7.20. The fraction of sp³-hybridized carbons (Fsp3) is 0.632. The molecule has 0 saturated carbocycles. The van der Waals surface area contributed by atoms with Crippen LogP contribution in [-0.2, 0) is 0 Å². The number of carbonyl (C=O) groups is 1. The number of rotatable bonds is 6. The quantitative estimate of drug-likeness (QED) is 0.748. The van der Waals surface area contributed by atoms with E-state index in [0.717, 1.165) is 6.54 Å². The van der Waals surface area contributed by atoms with E-state index in [1.54, 1.807) is 13.2 Å². The van der Waals surface area contributed by atoms with Gasteiger partial charge in [-0.3, -0.25) is 9.69 Å². The maximum absolute atomic E-state index is 12.4. The molecule has 1 aromatic rings. The van der Waals surface area contributed by atoms with E-state index in [2.05, 4.69) is 4.90 Å². The first-order chi connectivity index (χ1) is 10.9. The number of nitrogens with zero attached hydrogens (tertiary/aromatic N) is 1. The maximum Gasteiger partial charge on any atom is 0.168 e. The minimum atomic E-state index is -0.401. The molecule has 0 aromatic heterocycles. The molecule has 0 aliphatic carbocycles. The van der Waals surface area contributed by atoms with Gasteiger partial charge in [0.2, 0.25) is 0 Å². The molecule has 23 heavy (non-hydrogen) atoms. The van der Waals surface area contributed by atoms with Gasteiger partial charge < -0.3 is 9.47 Å². The summed E-state index contributed by atoms with van der Waals surface area (Å²) in [6.07, 6.45) is 3.91. The topological polar surface area (TPSA) is 38.8 Å². The number of carbonyl (C=O) groups excluding carboxylic acids is 1. The molecule has 4 nitrogen and oxygen atoms in total. The lowest BCUT2D eigenvalue weighted by Gasteiger charge is -2.26. The van der Waals surface area contributed by atoms with E-state index in [-0.39, 0.29) is 5.78 Å². The predicted molar refractivity (Wildman–Crippen MR) is 92.6 cm³/mol. The molecule has 128 valence electrons. The number of hydrogen-bond acceptors (Lipinski definition) is 4. The van der Waals surface area contributed by atoms with Gasteiger partial charge >= 0.3 is 0 Å². The van der Waals surface area contributed by atoms with Crippen molar-refractivity contribution in [2.45, 2.75) is 40.0 Å². The van der Waals surface area contributed by atoms with Crippen LogP contribution in [0.15, 0.2) is 18.2 Å². The Morgan fingerprint density at radius 3 is 2.43 bits per heavy atom. The molecule has 0 bridgehead atoms. The van der Waals surface area contributed by atoms with Crippen LogP contribution in [0.1, 0.15) is 50.4 Å². The van der Waals surface area contributed by atoms with Crippen LogP contribution < -0.4 is 9.47 Å². The van der Waals surface area contributed by atoms with Gasteiger partial charge in [0.25, 0.3) is 0 Å². The van der Waals surface area contributed by atoms with E-state index >= 15 is 0 Å². The molecule has 0 N–H and O–H groups in total. The number of Topliss-reactive ketones (excluding diaryl/α,β-unsaturated/α-hetero) is 1. The number of ether oxygens (including phenoxy) is 2. The zero-order chi connectivity index (χ0) is 16.9. The lowest BCUT2D eigenvalue weighted by atomic mass is 9.86. The molecule has 0 spiro atoms. The Morgan fingerprint density at radius 2 is 1.83 bits per heavy atom. The number of methoxy groups -OCH3 is 1. The van der Waals surface area contributed by atoms with Gasteiger partial charge in [-0.2, -0.15) is 0 Å². The number of likely N-dealkylation sites (tertiary alicyclic amines) is 1. The van der Waals surface area contributed by atoms with E-state index < -0.39 is 5.41 Å². The van der Waals surface area contributed by atoms with Gasteiger partial charge in [0.1, 0.15) is 6.61 Å². The third-order valence-electron chi connectivity index (χ3n) is 4.22. The van der Waals surface area contributed by atoms with Crippen molar-refractivity contribution in [1.82, 2.24) is 4.90 Å². The number of piperidine rings is 1. The molecular formula is C19H29NO3. The monoisotopic (exact) mass is 319 g/mol. The average Bonchev–Trinajstić information content (AvgIpc) is 2.54. The second kappa shape index (κ2) is 7.82. The van der Waals surface area contributed by atoms with E-state index in [9.17, 15) is 4.79 Å². The van der Waals surface area contributed by atoms with Crippen molar-refractivity contribution in [2.24, 2.45) is 5.41 Å². The summed E-state index contributed by atoms with van der Waals surface area (Å²) >= 11 is 0. The molecule has 1 aromatic carbocycles. The highest BCUT2D eigenvalue weighted by Crippen LogP contribution is 2.31. The van der Waals surface area contributed by atoms with Crippen LogP contribution in [0, 0.1) is 5.41 Å². The summed E-state index contributed by atoms with van der Waals surface area (Å²) in [5.74, 6) is 1.43. The van der Waals surface area contributed by atoms with Crippen LogP contribution in [0.4, 0.5) is 0 Å². The Kier molecular flexibility index (Phi) is 6.05. The summed E-state index contributed by atoms with van der Waals surface area (Å²) < 4.78 is 11.3. The van der Waals surface area contributed by atoms with Crippen molar-refractivity contribution < 1.29 is 14.3 Å². The fourth-order valence-corrected chi connectivity index (χ4v) is 2.83. The predicted octanol–water partition coefficient (Wildman–Crippen LogP) is 3.79. The van der Waals surface area contributed by atoms with E-state index in [1.165, 1.54) is 32.4 Å². The van der Waals surface area contributed by atoms with Gasteiger partial charge in [0, 0.05) is 17.5 Å². The van der Waals surface area contributed by atoms with Crippen molar-refractivity contribution in [3.05, 3.63) is 23.8 Å². The summed E-state index contributed by atoms with van der Waals surface area (Å²) in [7, 11) is 1.61. The number of hydrogen-bond donors (Lipinski definition) is 0. The first-order valence-corrected chi connectivity index (χ1v) is 8.50. The standard InChI is InChI=1S/C19H29NO3/c1-19(2,3)18(21)15-8-9-16(17(14-15)22-4)23-13-12-20-10-6-5-7-11-20/h8-9,14H,5-7,10-13H2,1-4H3. The summed E-state index contributed by atoms with van der Waals surface area (Å²) in [6, 6.07) is 5.45. The minimum Gasteiger partial charge on any atom is -0.493 e. The fourth-order valence-electron chi connectivity index (χ4n) is 2.83. The van der Waals surface area contributed by atoms with Gasteiger partial charge in [-0.1, -0.05) is 27.2 Å². The van der Waals surface area contributed by atoms with Crippen LogP contribution in [0.2, 0.25) is 0 Å². The Morgan fingerprint density at radius 1 is 1.13 bits per heavy atom. The van der Waals surface area contributed by atoms with Crippen LogP contribution in [0.25, 0.3) is 0 Å². The molecule has 1 aliphatic heterocycles. The second-order valence-electron chi connectivity index (χ2n) is 7.20. The van der Waals surface area contributed by atoms with Gasteiger partial charge in [-0.25, -0.2) is 0 Å². The number of benzene rings is 1. The van der Waals surface area contributed by atoms with Crippen LogP contribution in [0.3, 0.4) is 0 Å². The molecule has 4 heteroatoms. The molecule has 0 radical (unpaired) electrons. The molecular weight excluding hydrogens is 290 g/mol. The van der Waals surface area contributed by atoms with Crippen LogP contribution in [0.5, 0.6) is 11.5 Å². The van der Waals surface area contributed by atoms with Crippen molar-refractivity contribution in [1.29, 1.82) is 0 Å². The SMILES string of the molecule is COc1cc(C(=O)C(C)(C)C)ccc1OCCN1CCCCC1. The highest BCUT2D eigenvalue weighted by Gasteiger charge is 2.24.